The van der Waals surface area contributed by atoms with Crippen LogP contribution in [0, 0.1) is 5.92 Å². The Hall–Kier alpha value is -3.22. The number of amides is 3. The van der Waals surface area contributed by atoms with E-state index in [-0.39, 0.29) is 24.5 Å². The van der Waals surface area contributed by atoms with Crippen LogP contribution < -0.4 is 27.4 Å². The van der Waals surface area contributed by atoms with Crippen LogP contribution in [0.3, 0.4) is 0 Å². The minimum absolute atomic E-state index is 0.00957. The highest BCUT2D eigenvalue weighted by Crippen LogP contribution is 2.13. The molecule has 5 atom stereocenters. The molecule has 12 nitrogen and oxygen atoms in total. The number of aliphatic carboxylic acids is 1. The Morgan fingerprint density at radius 1 is 0.917 bits per heavy atom. The van der Waals surface area contributed by atoms with Gasteiger partial charge in [-0.1, -0.05) is 32.4 Å². The number of hydrogen-bond donors (Lipinski definition) is 8. The largest absolute Gasteiger partial charge is 0.508 e. The lowest BCUT2D eigenvalue weighted by Gasteiger charge is -2.26. The van der Waals surface area contributed by atoms with E-state index in [9.17, 15) is 34.5 Å². The van der Waals surface area contributed by atoms with Gasteiger partial charge in [0.2, 0.25) is 17.7 Å². The third-order valence-corrected chi connectivity index (χ3v) is 5.95. The van der Waals surface area contributed by atoms with Crippen molar-refractivity contribution < 1.29 is 34.5 Å². The normalized spacial score (nSPS) is 15.1. The number of aliphatic hydroxyl groups is 1. The third kappa shape index (κ3) is 10.2. The molecule has 1 aromatic carbocycles. The van der Waals surface area contributed by atoms with E-state index in [2.05, 4.69) is 16.0 Å². The van der Waals surface area contributed by atoms with E-state index in [1.54, 1.807) is 12.1 Å². The van der Waals surface area contributed by atoms with Crippen LogP contribution in [0.1, 0.15) is 45.1 Å². The SMILES string of the molecule is CCC(C)C(N)C(=O)NC(CCCCN)C(=O)NC(Cc1ccc(O)cc1)C(=O)NC(CO)C(=O)O. The van der Waals surface area contributed by atoms with Gasteiger partial charge in [0.1, 0.15) is 23.9 Å². The van der Waals surface area contributed by atoms with Crippen molar-refractivity contribution in [1.82, 2.24) is 16.0 Å². The van der Waals surface area contributed by atoms with Gasteiger partial charge in [-0.25, -0.2) is 4.79 Å². The van der Waals surface area contributed by atoms with E-state index in [4.69, 9.17) is 11.5 Å². The Labute approximate surface area is 210 Å². The highest BCUT2D eigenvalue weighted by molar-refractivity contribution is 5.94. The summed E-state index contributed by atoms with van der Waals surface area (Å²) in [4.78, 5) is 50.0. The number of nitrogens with two attached hydrogens (primary N) is 2. The Morgan fingerprint density at radius 2 is 1.47 bits per heavy atom. The molecule has 0 aliphatic heterocycles. The number of phenolic OH excluding ortho intramolecular Hbond substituents is 1. The topological polar surface area (TPSA) is 217 Å². The molecule has 0 bridgehead atoms. The smallest absolute Gasteiger partial charge is 0.328 e. The second-order valence-corrected chi connectivity index (χ2v) is 8.77. The van der Waals surface area contributed by atoms with Crippen LogP contribution in [0.25, 0.3) is 0 Å². The molecule has 0 fully saturated rings. The quantitative estimate of drug-likeness (QED) is 0.128. The average Bonchev–Trinajstić information content (AvgIpc) is 2.85. The number of carboxylic acid groups (broad SMARTS) is 1. The van der Waals surface area contributed by atoms with Crippen molar-refractivity contribution in [2.24, 2.45) is 17.4 Å². The standard InChI is InChI=1S/C24H39N5O7/c1-3-14(2)20(26)23(34)27-17(6-4-5-11-25)21(32)28-18(12-15-7-9-16(31)10-8-15)22(33)29-19(13-30)24(35)36/h7-10,14,17-20,30-31H,3-6,11-13,25-26H2,1-2H3,(H,27,34)(H,28,32)(H,29,33)(H,35,36). The first kappa shape index (κ1) is 30.8. The van der Waals surface area contributed by atoms with Crippen LogP contribution in [-0.2, 0) is 25.6 Å². The summed E-state index contributed by atoms with van der Waals surface area (Å²) in [6.45, 7) is 3.28. The zero-order valence-electron chi connectivity index (χ0n) is 20.8. The van der Waals surface area contributed by atoms with Gasteiger partial charge in [-0.2, -0.15) is 0 Å². The summed E-state index contributed by atoms with van der Waals surface area (Å²) >= 11 is 0. The molecule has 0 heterocycles. The summed E-state index contributed by atoms with van der Waals surface area (Å²) in [5, 5.41) is 35.4. The fourth-order valence-electron chi connectivity index (χ4n) is 3.35. The number of carboxylic acids is 1. The Morgan fingerprint density at radius 3 is 2.00 bits per heavy atom. The number of phenols is 1. The number of carbonyl (C=O) groups is 4. The molecule has 0 spiro atoms. The molecular weight excluding hydrogens is 470 g/mol. The van der Waals surface area contributed by atoms with Gasteiger partial charge in [-0.3, -0.25) is 14.4 Å². The number of rotatable bonds is 16. The van der Waals surface area contributed by atoms with E-state index in [1.165, 1.54) is 12.1 Å². The minimum Gasteiger partial charge on any atom is -0.508 e. The fourth-order valence-corrected chi connectivity index (χ4v) is 3.35. The second-order valence-electron chi connectivity index (χ2n) is 8.77. The van der Waals surface area contributed by atoms with Crippen molar-refractivity contribution in [1.29, 1.82) is 0 Å². The molecule has 10 N–H and O–H groups in total. The first-order chi connectivity index (χ1) is 17.0. The molecule has 12 heteroatoms. The van der Waals surface area contributed by atoms with Crippen molar-refractivity contribution in [3.05, 3.63) is 29.8 Å². The van der Waals surface area contributed by atoms with Gasteiger partial charge in [0.25, 0.3) is 0 Å². The van der Waals surface area contributed by atoms with Crippen molar-refractivity contribution in [3.63, 3.8) is 0 Å². The van der Waals surface area contributed by atoms with Gasteiger partial charge in [0.05, 0.1) is 12.6 Å². The monoisotopic (exact) mass is 509 g/mol. The lowest BCUT2D eigenvalue weighted by molar-refractivity contribution is -0.143. The van der Waals surface area contributed by atoms with E-state index < -0.39 is 54.5 Å². The molecule has 1 aromatic rings. The van der Waals surface area contributed by atoms with Gasteiger partial charge in [-0.15, -0.1) is 0 Å². The first-order valence-corrected chi connectivity index (χ1v) is 12.0. The van der Waals surface area contributed by atoms with Crippen LogP contribution in [0.4, 0.5) is 0 Å². The number of benzene rings is 1. The maximum atomic E-state index is 13.2. The summed E-state index contributed by atoms with van der Waals surface area (Å²) in [6, 6.07) is 1.30. The van der Waals surface area contributed by atoms with Gasteiger partial charge in [-0.05, 0) is 49.4 Å². The number of aliphatic hydroxyl groups excluding tert-OH is 1. The van der Waals surface area contributed by atoms with Crippen LogP contribution in [-0.4, -0.2) is 76.3 Å². The average molecular weight is 510 g/mol. The maximum Gasteiger partial charge on any atom is 0.328 e. The lowest BCUT2D eigenvalue weighted by atomic mass is 9.98. The number of carbonyl (C=O) groups excluding carboxylic acids is 3. The summed E-state index contributed by atoms with van der Waals surface area (Å²) in [5.74, 6) is -3.52. The molecule has 36 heavy (non-hydrogen) atoms. The zero-order chi connectivity index (χ0) is 27.3. The highest BCUT2D eigenvalue weighted by atomic mass is 16.4. The van der Waals surface area contributed by atoms with Gasteiger partial charge < -0.3 is 42.7 Å². The molecular formula is C24H39N5O7. The van der Waals surface area contributed by atoms with Crippen molar-refractivity contribution in [2.75, 3.05) is 13.2 Å². The van der Waals surface area contributed by atoms with E-state index in [1.807, 2.05) is 13.8 Å². The zero-order valence-corrected chi connectivity index (χ0v) is 20.8. The first-order valence-electron chi connectivity index (χ1n) is 12.0. The van der Waals surface area contributed by atoms with Crippen LogP contribution >= 0.6 is 0 Å². The molecule has 0 aliphatic rings. The molecule has 0 saturated heterocycles. The van der Waals surface area contributed by atoms with Gasteiger partial charge >= 0.3 is 5.97 Å². The van der Waals surface area contributed by atoms with Crippen LogP contribution in [0.5, 0.6) is 5.75 Å². The molecule has 0 saturated carbocycles. The fraction of sp³-hybridized carbons (Fsp3) is 0.583. The molecule has 1 rings (SSSR count). The molecule has 0 radical (unpaired) electrons. The van der Waals surface area contributed by atoms with Crippen LogP contribution in [0.2, 0.25) is 0 Å². The van der Waals surface area contributed by atoms with Crippen molar-refractivity contribution >= 4 is 23.7 Å². The Bertz CT molecular complexity index is 865. The molecule has 3 amide bonds. The highest BCUT2D eigenvalue weighted by Gasteiger charge is 2.31. The number of hydrogen-bond acceptors (Lipinski definition) is 8. The van der Waals surface area contributed by atoms with Crippen LogP contribution in [0.15, 0.2) is 24.3 Å². The molecule has 5 unspecified atom stereocenters. The van der Waals surface area contributed by atoms with Gasteiger partial charge in [0.15, 0.2) is 0 Å². The second kappa shape index (κ2) is 15.7. The minimum atomic E-state index is -1.56. The molecule has 0 aliphatic carbocycles. The molecule has 202 valence electrons. The lowest BCUT2D eigenvalue weighted by Crippen LogP contribution is -2.58. The predicted octanol–water partition coefficient (Wildman–Crippen LogP) is -1.03. The van der Waals surface area contributed by atoms with Crippen molar-refractivity contribution in [2.45, 2.75) is 70.1 Å². The summed E-state index contributed by atoms with van der Waals surface area (Å²) in [7, 11) is 0. The van der Waals surface area contributed by atoms with E-state index >= 15 is 0 Å². The van der Waals surface area contributed by atoms with E-state index in [0.717, 1.165) is 0 Å². The summed E-state index contributed by atoms with van der Waals surface area (Å²) in [6.07, 6.45) is 2.04. The predicted molar refractivity (Wildman–Crippen MR) is 133 cm³/mol. The summed E-state index contributed by atoms with van der Waals surface area (Å²) < 4.78 is 0. The number of unbranched alkanes of at least 4 members (excludes halogenated alkanes) is 1. The summed E-state index contributed by atoms with van der Waals surface area (Å²) in [5.41, 5.74) is 12.1. The number of aromatic hydroxyl groups is 1. The van der Waals surface area contributed by atoms with Crippen molar-refractivity contribution in [3.8, 4) is 5.75 Å². The molecule has 0 aromatic heterocycles. The number of nitrogens with one attached hydrogen (secondary N) is 3. The maximum absolute atomic E-state index is 13.2. The Kier molecular flexibility index (Phi) is 13.4. The van der Waals surface area contributed by atoms with Gasteiger partial charge in [0, 0.05) is 6.42 Å². The van der Waals surface area contributed by atoms with E-state index in [0.29, 0.717) is 31.4 Å². The third-order valence-electron chi connectivity index (χ3n) is 5.95. The Balaban J connectivity index is 3.12.